The topological polar surface area (TPSA) is 0 Å². The molecule has 0 unspecified atom stereocenters. The van der Waals surface area contributed by atoms with Crippen LogP contribution in [0.5, 0.6) is 0 Å². The summed E-state index contributed by atoms with van der Waals surface area (Å²) in [7, 11) is 0. The molecule has 0 radical (unpaired) electrons. The van der Waals surface area contributed by atoms with Gasteiger partial charge in [0, 0.05) is 0 Å². The molecule has 0 spiro atoms. The molecule has 0 aliphatic heterocycles. The van der Waals surface area contributed by atoms with Gasteiger partial charge in [-0.05, 0) is 0 Å². The van der Waals surface area contributed by atoms with Crippen molar-refractivity contribution >= 4 is 3.21 Å². The van der Waals surface area contributed by atoms with Crippen molar-refractivity contribution in [1.82, 2.24) is 0 Å². The van der Waals surface area contributed by atoms with Gasteiger partial charge in [-0.3, -0.25) is 0 Å². The molecule has 1 fully saturated rings. The summed E-state index contributed by atoms with van der Waals surface area (Å²) < 4.78 is 4.40. The van der Waals surface area contributed by atoms with Gasteiger partial charge in [-0.25, -0.2) is 0 Å². The van der Waals surface area contributed by atoms with Crippen LogP contribution in [0.4, 0.5) is 0 Å². The Kier molecular flexibility index (Phi) is 6.35. The van der Waals surface area contributed by atoms with E-state index in [1.54, 1.807) is 11.1 Å². The van der Waals surface area contributed by atoms with E-state index in [1.165, 1.54) is 59.1 Å². The van der Waals surface area contributed by atoms with Crippen molar-refractivity contribution in [3.8, 4) is 11.1 Å². The first-order chi connectivity index (χ1) is 18.3. The minimum absolute atomic E-state index is 0.630. The first kappa shape index (κ1) is 23.2. The minimum atomic E-state index is -2.02. The summed E-state index contributed by atoms with van der Waals surface area (Å²) in [6.07, 6.45) is 14.5. The van der Waals surface area contributed by atoms with Crippen LogP contribution < -0.4 is 0 Å². The van der Waals surface area contributed by atoms with E-state index < -0.39 is 21.3 Å². The van der Waals surface area contributed by atoms with Crippen LogP contribution in [0.3, 0.4) is 0 Å². The van der Waals surface area contributed by atoms with Crippen LogP contribution >= 0.6 is 0 Å². The molecule has 180 valence electrons. The van der Waals surface area contributed by atoms with Gasteiger partial charge in [-0.2, -0.15) is 0 Å². The van der Waals surface area contributed by atoms with Gasteiger partial charge < -0.3 is 0 Å². The quantitative estimate of drug-likeness (QED) is 0.223. The molecule has 0 nitrogen and oxygen atoms in total. The Labute approximate surface area is 228 Å². The van der Waals surface area contributed by atoms with E-state index >= 15 is 0 Å². The Morgan fingerprint density at radius 3 is 1.65 bits per heavy atom. The Bertz CT molecular complexity index is 1460. The number of benzene rings is 4. The molecule has 0 saturated heterocycles. The predicted octanol–water partition coefficient (Wildman–Crippen LogP) is 8.76. The molecule has 1 saturated carbocycles. The zero-order chi connectivity index (χ0) is 24.6. The van der Waals surface area contributed by atoms with Crippen molar-refractivity contribution in [3.63, 3.8) is 0 Å². The average Bonchev–Trinajstić information content (AvgIpc) is 3.54. The van der Waals surface area contributed by atoms with E-state index in [-0.39, 0.29) is 0 Å². The number of hydrogen-bond donors (Lipinski definition) is 0. The summed E-state index contributed by atoms with van der Waals surface area (Å²) in [5.74, 6) is 0. The van der Waals surface area contributed by atoms with Crippen molar-refractivity contribution < 1.29 is 21.3 Å². The monoisotopic (exact) mass is 554 g/mol. The van der Waals surface area contributed by atoms with Crippen molar-refractivity contribution in [1.29, 1.82) is 0 Å². The van der Waals surface area contributed by atoms with Crippen molar-refractivity contribution in [2.75, 3.05) is 0 Å². The van der Waals surface area contributed by atoms with Gasteiger partial charge in [0.25, 0.3) is 0 Å². The van der Waals surface area contributed by atoms with E-state index in [9.17, 15) is 0 Å². The molecule has 0 atom stereocenters. The number of allylic oxidation sites excluding steroid dienone is 4. The fourth-order valence-corrected chi connectivity index (χ4v) is 15.9. The summed E-state index contributed by atoms with van der Waals surface area (Å²) in [6.45, 7) is 0. The summed E-state index contributed by atoms with van der Waals surface area (Å²) in [6, 6.07) is 36.8. The molecule has 0 heterocycles. The second-order valence-electron chi connectivity index (χ2n) is 10.8. The molecular formula is C36H32Zr. The zero-order valence-corrected chi connectivity index (χ0v) is 23.7. The molecule has 7 rings (SSSR count). The molecule has 4 aromatic rings. The molecule has 3 aliphatic rings. The zero-order valence-electron chi connectivity index (χ0n) is 21.3. The third kappa shape index (κ3) is 4.53. The normalized spacial score (nSPS) is 15.8. The molecule has 0 aromatic heterocycles. The third-order valence-corrected chi connectivity index (χ3v) is 17.1. The van der Waals surface area contributed by atoms with Gasteiger partial charge in [-0.1, -0.05) is 0 Å². The summed E-state index contributed by atoms with van der Waals surface area (Å²) in [4.78, 5) is 0. The van der Waals surface area contributed by atoms with E-state index in [1.807, 2.05) is 6.49 Å². The number of fused-ring (bicyclic) bond motifs is 3. The van der Waals surface area contributed by atoms with E-state index in [0.29, 0.717) is 3.63 Å². The first-order valence-corrected chi connectivity index (χ1v) is 17.6. The van der Waals surface area contributed by atoms with Crippen LogP contribution in [0.15, 0.2) is 119 Å². The average molecular weight is 556 g/mol. The molecule has 37 heavy (non-hydrogen) atoms. The van der Waals surface area contributed by atoms with Crippen LogP contribution in [-0.4, -0.2) is 3.21 Å². The van der Waals surface area contributed by atoms with Crippen LogP contribution in [0.2, 0.25) is 0 Å². The molecule has 0 bridgehead atoms. The fraction of sp³-hybridized carbons (Fsp3) is 0.194. The fourth-order valence-electron chi connectivity index (χ4n) is 6.42. The summed E-state index contributed by atoms with van der Waals surface area (Å²) >= 11 is -2.02. The second-order valence-corrected chi connectivity index (χ2v) is 17.6. The van der Waals surface area contributed by atoms with Gasteiger partial charge in [-0.15, -0.1) is 0 Å². The SMILES string of the molecule is C1=CC[C]([Zr](=[C]2CCC2)[CH]2c3ccc(Cc4ccccc4)cc3-c3cc(Cc4ccccc4)ccc32)=C1. The number of rotatable bonds is 6. The Morgan fingerprint density at radius 2 is 1.19 bits per heavy atom. The molecule has 0 amide bonds. The van der Waals surface area contributed by atoms with E-state index in [0.717, 1.165) is 12.8 Å². The molecular weight excluding hydrogens is 524 g/mol. The van der Waals surface area contributed by atoms with Crippen LogP contribution in [0.1, 0.15) is 62.7 Å². The van der Waals surface area contributed by atoms with E-state index in [4.69, 9.17) is 0 Å². The van der Waals surface area contributed by atoms with Crippen molar-refractivity contribution in [3.05, 3.63) is 152 Å². The van der Waals surface area contributed by atoms with Gasteiger partial charge in [0.05, 0.1) is 0 Å². The molecule has 0 N–H and O–H groups in total. The standard InChI is InChI=1S/C27H21.C5H5.C4H6.Zr/c1-3-7-20(8-4-1)15-22-11-13-24-19-25-14-12-23(18-27(25)26(24)17-22)16-21-9-5-2-6-10-21;1-2-4-5-3-1;1-2-4-3-1;/h1-14,17-19H,15-16H2;1-3H,4H2;1-3H2;. The van der Waals surface area contributed by atoms with Crippen molar-refractivity contribution in [2.45, 2.75) is 42.2 Å². The number of hydrogen-bond acceptors (Lipinski definition) is 0. The van der Waals surface area contributed by atoms with Crippen LogP contribution in [0.25, 0.3) is 11.1 Å². The maximum atomic E-state index is 2.53. The second kappa shape index (κ2) is 10.1. The van der Waals surface area contributed by atoms with Gasteiger partial charge in [0.15, 0.2) is 0 Å². The summed E-state index contributed by atoms with van der Waals surface area (Å²) in [5.41, 5.74) is 11.9. The third-order valence-electron chi connectivity index (χ3n) is 8.39. The molecule has 4 aromatic carbocycles. The van der Waals surface area contributed by atoms with Gasteiger partial charge in [0.2, 0.25) is 0 Å². The Balaban J connectivity index is 1.35. The van der Waals surface area contributed by atoms with Crippen molar-refractivity contribution in [2.24, 2.45) is 0 Å². The first-order valence-electron chi connectivity index (χ1n) is 13.8. The predicted molar refractivity (Wildman–Crippen MR) is 153 cm³/mol. The molecule has 1 heteroatoms. The van der Waals surface area contributed by atoms with Crippen LogP contribution in [0, 0.1) is 0 Å². The Morgan fingerprint density at radius 1 is 0.622 bits per heavy atom. The van der Waals surface area contributed by atoms with Gasteiger partial charge >= 0.3 is 230 Å². The van der Waals surface area contributed by atoms with Crippen LogP contribution in [-0.2, 0) is 34.1 Å². The Hall–Kier alpha value is -2.89. The maximum absolute atomic E-state index is 2.53. The van der Waals surface area contributed by atoms with E-state index in [2.05, 4.69) is 115 Å². The summed E-state index contributed by atoms with van der Waals surface area (Å²) in [5, 5.41) is 0. The van der Waals surface area contributed by atoms with Gasteiger partial charge in [0.1, 0.15) is 0 Å². The molecule has 3 aliphatic carbocycles.